The van der Waals surface area contributed by atoms with Crippen LogP contribution in [0.1, 0.15) is 20.3 Å². The molecule has 0 saturated carbocycles. The van der Waals surface area contributed by atoms with Crippen molar-refractivity contribution in [3.63, 3.8) is 0 Å². The van der Waals surface area contributed by atoms with Crippen LogP contribution in [0.5, 0.6) is 0 Å². The molecule has 0 radical (unpaired) electrons. The molecule has 0 atom stereocenters. The van der Waals surface area contributed by atoms with Gasteiger partial charge in [-0.1, -0.05) is 13.8 Å². The van der Waals surface area contributed by atoms with Crippen molar-refractivity contribution in [1.29, 1.82) is 5.41 Å². The zero-order chi connectivity index (χ0) is 8.85. The van der Waals surface area contributed by atoms with Gasteiger partial charge in [0.1, 0.15) is 0 Å². The highest BCUT2D eigenvalue weighted by Gasteiger charge is 2.03. The Bertz CT molecular complexity index is 163. The summed E-state index contributed by atoms with van der Waals surface area (Å²) in [4.78, 5) is 3.75. The second-order valence-corrected chi connectivity index (χ2v) is 3.80. The Hall–Kier alpha value is -0.510. The van der Waals surface area contributed by atoms with Gasteiger partial charge in [0.25, 0.3) is 0 Å². The molecule has 0 spiro atoms. The highest BCUT2D eigenvalue weighted by atomic mass is 32.2. The number of nitrogens with one attached hydrogen (secondary N) is 1. The van der Waals surface area contributed by atoms with Crippen LogP contribution in [-0.4, -0.2) is 17.3 Å². The molecule has 0 unspecified atom stereocenters. The standard InChI is InChI=1S/C7H15N3S/c1-5(2)4-6(8)11-7(9)10-3/h5,8H,4H2,1-3H3,(H2,9,10). The molecule has 0 aliphatic rings. The number of amidine groups is 1. The Kier molecular flexibility index (Phi) is 4.94. The lowest BCUT2D eigenvalue weighted by Gasteiger charge is -2.04. The first-order valence-corrected chi connectivity index (χ1v) is 4.35. The van der Waals surface area contributed by atoms with Crippen LogP contribution in [0.2, 0.25) is 0 Å². The summed E-state index contributed by atoms with van der Waals surface area (Å²) in [5.41, 5.74) is 5.42. The summed E-state index contributed by atoms with van der Waals surface area (Å²) in [6.07, 6.45) is 0.779. The molecule has 0 fully saturated rings. The van der Waals surface area contributed by atoms with Crippen molar-refractivity contribution in [1.82, 2.24) is 0 Å². The quantitative estimate of drug-likeness (QED) is 0.493. The molecule has 4 heteroatoms. The maximum atomic E-state index is 7.45. The topological polar surface area (TPSA) is 62.2 Å². The first-order valence-electron chi connectivity index (χ1n) is 3.53. The molecule has 3 nitrogen and oxygen atoms in total. The monoisotopic (exact) mass is 173 g/mol. The molecule has 0 aromatic heterocycles. The smallest absolute Gasteiger partial charge is 0.159 e. The highest BCUT2D eigenvalue weighted by molar-refractivity contribution is 8.26. The van der Waals surface area contributed by atoms with E-state index in [9.17, 15) is 0 Å². The van der Waals surface area contributed by atoms with Gasteiger partial charge in [-0.3, -0.25) is 10.4 Å². The molecule has 11 heavy (non-hydrogen) atoms. The van der Waals surface area contributed by atoms with Gasteiger partial charge in [-0.2, -0.15) is 0 Å². The van der Waals surface area contributed by atoms with Crippen molar-refractivity contribution in [2.75, 3.05) is 7.05 Å². The van der Waals surface area contributed by atoms with Gasteiger partial charge in [0.15, 0.2) is 5.17 Å². The van der Waals surface area contributed by atoms with Crippen LogP contribution in [0.4, 0.5) is 0 Å². The van der Waals surface area contributed by atoms with Crippen molar-refractivity contribution < 1.29 is 0 Å². The van der Waals surface area contributed by atoms with Crippen LogP contribution >= 0.6 is 11.8 Å². The van der Waals surface area contributed by atoms with Crippen molar-refractivity contribution in [3.05, 3.63) is 0 Å². The first kappa shape index (κ1) is 10.5. The fraction of sp³-hybridized carbons (Fsp3) is 0.714. The van der Waals surface area contributed by atoms with Crippen LogP contribution < -0.4 is 5.73 Å². The molecule has 0 amide bonds. The zero-order valence-electron chi connectivity index (χ0n) is 7.22. The largest absolute Gasteiger partial charge is 0.378 e. The van der Waals surface area contributed by atoms with Crippen molar-refractivity contribution in [2.24, 2.45) is 16.6 Å². The molecular formula is C7H15N3S. The van der Waals surface area contributed by atoms with Gasteiger partial charge in [0.05, 0.1) is 5.04 Å². The van der Waals surface area contributed by atoms with E-state index in [4.69, 9.17) is 11.1 Å². The third-order valence-electron chi connectivity index (χ3n) is 1.04. The van der Waals surface area contributed by atoms with Gasteiger partial charge in [-0.25, -0.2) is 0 Å². The van der Waals surface area contributed by atoms with E-state index in [1.165, 1.54) is 11.8 Å². The van der Waals surface area contributed by atoms with Gasteiger partial charge in [0.2, 0.25) is 0 Å². The van der Waals surface area contributed by atoms with Crippen LogP contribution in [0.25, 0.3) is 0 Å². The summed E-state index contributed by atoms with van der Waals surface area (Å²) >= 11 is 1.24. The number of aliphatic imine (C=N–C) groups is 1. The van der Waals surface area contributed by atoms with Gasteiger partial charge in [-0.15, -0.1) is 0 Å². The van der Waals surface area contributed by atoms with E-state index < -0.39 is 0 Å². The maximum absolute atomic E-state index is 7.45. The summed E-state index contributed by atoms with van der Waals surface area (Å²) in [7, 11) is 1.63. The predicted molar refractivity (Wildman–Crippen MR) is 52.3 cm³/mol. The summed E-state index contributed by atoms with van der Waals surface area (Å²) in [5, 5.41) is 8.51. The Morgan fingerprint density at radius 2 is 2.18 bits per heavy atom. The number of nitrogens with zero attached hydrogens (tertiary/aromatic N) is 1. The zero-order valence-corrected chi connectivity index (χ0v) is 8.03. The lowest BCUT2D eigenvalue weighted by molar-refractivity contribution is 0.687. The van der Waals surface area contributed by atoms with Crippen LogP contribution in [0, 0.1) is 11.3 Å². The van der Waals surface area contributed by atoms with E-state index in [2.05, 4.69) is 18.8 Å². The van der Waals surface area contributed by atoms with Crippen molar-refractivity contribution in [2.45, 2.75) is 20.3 Å². The molecule has 3 N–H and O–H groups in total. The summed E-state index contributed by atoms with van der Waals surface area (Å²) in [6.45, 7) is 4.16. The molecule has 0 rings (SSSR count). The molecule has 0 bridgehead atoms. The van der Waals surface area contributed by atoms with E-state index in [-0.39, 0.29) is 0 Å². The second-order valence-electron chi connectivity index (χ2n) is 2.69. The minimum Gasteiger partial charge on any atom is -0.378 e. The summed E-state index contributed by atoms with van der Waals surface area (Å²) < 4.78 is 0. The SMILES string of the molecule is CN=C(N)SC(=N)CC(C)C. The fourth-order valence-electron chi connectivity index (χ4n) is 0.584. The van der Waals surface area contributed by atoms with Crippen LogP contribution in [-0.2, 0) is 0 Å². The number of hydrogen-bond donors (Lipinski definition) is 2. The number of thioether (sulfide) groups is 1. The number of hydrogen-bond acceptors (Lipinski definition) is 3. The highest BCUT2D eigenvalue weighted by Crippen LogP contribution is 2.10. The van der Waals surface area contributed by atoms with E-state index in [0.717, 1.165) is 6.42 Å². The summed E-state index contributed by atoms with van der Waals surface area (Å²) in [5.74, 6) is 0.514. The number of rotatable bonds is 2. The lowest BCUT2D eigenvalue weighted by Crippen LogP contribution is -2.10. The third-order valence-corrected chi connectivity index (χ3v) is 1.85. The molecule has 0 aromatic carbocycles. The average Bonchev–Trinajstić information content (AvgIpc) is 1.85. The van der Waals surface area contributed by atoms with Gasteiger partial charge >= 0.3 is 0 Å². The van der Waals surface area contributed by atoms with Crippen LogP contribution in [0.15, 0.2) is 4.99 Å². The lowest BCUT2D eigenvalue weighted by atomic mass is 10.1. The fourth-order valence-corrected chi connectivity index (χ4v) is 1.34. The number of nitrogens with two attached hydrogens (primary N) is 1. The first-order chi connectivity index (χ1) is 5.06. The van der Waals surface area contributed by atoms with E-state index in [1.807, 2.05) is 0 Å². The Morgan fingerprint density at radius 1 is 1.64 bits per heavy atom. The van der Waals surface area contributed by atoms with Gasteiger partial charge < -0.3 is 5.73 Å². The maximum Gasteiger partial charge on any atom is 0.159 e. The normalized spacial score (nSPS) is 12.2. The minimum absolute atomic E-state index is 0.468. The van der Waals surface area contributed by atoms with Crippen molar-refractivity contribution >= 4 is 22.0 Å². The van der Waals surface area contributed by atoms with Gasteiger partial charge in [-0.05, 0) is 24.1 Å². The Balaban J connectivity index is 3.70. The van der Waals surface area contributed by atoms with Crippen LogP contribution in [0.3, 0.4) is 0 Å². The molecule has 0 saturated heterocycles. The minimum atomic E-state index is 0.468. The molecular weight excluding hydrogens is 158 g/mol. The predicted octanol–water partition coefficient (Wildman–Crippen LogP) is 1.69. The Labute approximate surface area is 72.0 Å². The second kappa shape index (κ2) is 5.18. The molecule has 0 aliphatic heterocycles. The average molecular weight is 173 g/mol. The molecule has 64 valence electrons. The van der Waals surface area contributed by atoms with E-state index >= 15 is 0 Å². The van der Waals surface area contributed by atoms with E-state index in [1.54, 1.807) is 7.05 Å². The molecule has 0 aliphatic carbocycles. The Morgan fingerprint density at radius 3 is 2.55 bits per heavy atom. The van der Waals surface area contributed by atoms with E-state index in [0.29, 0.717) is 16.1 Å². The summed E-state index contributed by atoms with van der Waals surface area (Å²) in [6, 6.07) is 0. The third kappa shape index (κ3) is 5.91. The van der Waals surface area contributed by atoms with Crippen molar-refractivity contribution in [3.8, 4) is 0 Å². The molecule has 0 aromatic rings. The van der Waals surface area contributed by atoms with Gasteiger partial charge in [0, 0.05) is 7.05 Å². The molecule has 0 heterocycles.